The Morgan fingerprint density at radius 2 is 0.524 bits per heavy atom. The maximum Gasteiger partial charge on any atom is 0.0451 e. The maximum atomic E-state index is 4.12. The van der Waals surface area contributed by atoms with Crippen LogP contribution < -0.4 is 15.3 Å². The number of nitrogens with zero attached hydrogens (tertiary/aromatic N) is 27. The Morgan fingerprint density at radius 3 is 0.655 bits per heavy atom. The van der Waals surface area contributed by atoms with Gasteiger partial charge in [-0.1, -0.05) is 79.0 Å². The van der Waals surface area contributed by atoms with Crippen LogP contribution in [0.4, 0.5) is 0 Å². The third kappa shape index (κ3) is 30.2. The van der Waals surface area contributed by atoms with Crippen LogP contribution in [-0.2, 0) is 78.6 Å². The first kappa shape index (κ1) is 74.6. The molecule has 30 heteroatoms. The maximum absolute atomic E-state index is 4.12. The molecule has 27 nitrogen and oxygen atoms in total. The Hall–Kier alpha value is -7.39. The van der Waals surface area contributed by atoms with Crippen molar-refractivity contribution in [2.45, 2.75) is 80.1 Å². The summed E-state index contributed by atoms with van der Waals surface area (Å²) in [4.78, 5) is 24.4. The standard InChI is InChI=1S/3C8H12N4.3C7H6N5.3C3H8.3Os/c3*1-9-3-5-11(7-9)12-6-4-10(2)8-12;3*1-2-4-8-6(3-1)5-7-9-11-12-10-7;3*1-3-2;;;/h3*3-8H,1-2H3;3*1-4H,5H2;3*3H2,1-2H3;;;/q3*-2;3*-1;;;;;;. The average molecular weight is 1680 g/mol. The quantitative estimate of drug-likeness (QED) is 0.164. The molecule has 12 rings (SSSR count). The Labute approximate surface area is 536 Å². The van der Waals surface area contributed by atoms with Crippen LogP contribution in [0.5, 0.6) is 0 Å². The van der Waals surface area contributed by atoms with Gasteiger partial charge in [0.25, 0.3) is 0 Å². The van der Waals surface area contributed by atoms with Crippen molar-refractivity contribution in [3.05, 3.63) is 222 Å². The summed E-state index contributed by atoms with van der Waals surface area (Å²) in [7, 11) is 12.0. The normalized spacial score (nSPS) is 14.3. The van der Waals surface area contributed by atoms with Gasteiger partial charge in [0.1, 0.15) is 0 Å². The average Bonchev–Trinajstić information content (AvgIpc) is 4.47. The van der Waals surface area contributed by atoms with E-state index in [1.165, 1.54) is 19.3 Å². The van der Waals surface area contributed by atoms with Gasteiger partial charge in [-0.3, -0.25) is 45.9 Å². The SMILES string of the molecule is CCC.CCC.CCC.CN1C=CN(N2C=CN(C)[CH-]2)[CH-]1.CN1C=CN(N2C=CN(C)[CH-]2)[CH-]1.CN1C=CN(N2C=CN(C)[CH-]2)[CH-]1.[Os].[Os].[Os].c1ccc(Cc2nnn[n-]2)nc1.c1ccc(Cc2nnn[n-]2)nc1.c1ccc(Cc2nnn[n-]2)nc1. The van der Waals surface area contributed by atoms with Crippen LogP contribution in [0.1, 0.15) is 95.4 Å². The van der Waals surface area contributed by atoms with Crippen LogP contribution in [0.3, 0.4) is 0 Å². The van der Waals surface area contributed by atoms with Crippen LogP contribution in [0.15, 0.2) is 148 Å². The third-order valence-corrected chi connectivity index (χ3v) is 9.61. The van der Waals surface area contributed by atoms with Gasteiger partial charge in [0.05, 0.1) is 0 Å². The van der Waals surface area contributed by atoms with E-state index in [0.717, 1.165) is 17.1 Å². The van der Waals surface area contributed by atoms with Crippen LogP contribution in [0.25, 0.3) is 0 Å². The van der Waals surface area contributed by atoms with Gasteiger partial charge in [0, 0.05) is 169 Å². The van der Waals surface area contributed by atoms with Gasteiger partial charge in [-0.25, -0.2) is 0 Å². The molecule has 0 amide bonds. The number of hydrazine groups is 3. The van der Waals surface area contributed by atoms with Crippen LogP contribution in [0, 0.1) is 40.0 Å². The molecule has 6 aliphatic rings. The Morgan fingerprint density at radius 1 is 0.321 bits per heavy atom. The largest absolute Gasteiger partial charge is 0.509 e. The first-order valence-corrected chi connectivity index (χ1v) is 26.3. The molecule has 0 unspecified atom stereocenters. The Balaban J connectivity index is 0.000000486. The molecule has 0 fully saturated rings. The number of aromatic nitrogens is 15. The summed E-state index contributed by atoms with van der Waals surface area (Å²) in [5.74, 6) is 1.82. The van der Waals surface area contributed by atoms with Gasteiger partial charge in [-0.15, -0.1) is 40.0 Å². The summed E-state index contributed by atoms with van der Waals surface area (Å²) in [6, 6.07) is 17.1. The zero-order valence-electron chi connectivity index (χ0n) is 49.7. The van der Waals surface area contributed by atoms with E-state index in [1.54, 1.807) is 18.6 Å². The molecule has 0 N–H and O–H groups in total. The first-order valence-electron chi connectivity index (χ1n) is 26.3. The minimum atomic E-state index is 0. The summed E-state index contributed by atoms with van der Waals surface area (Å²) in [5.41, 5.74) is 2.77. The molecule has 6 aromatic rings. The monoisotopic (exact) mass is 1680 g/mol. The molecule has 12 heterocycles. The molecule has 0 radical (unpaired) electrons. The Kier molecular flexibility index (Phi) is 39.2. The van der Waals surface area contributed by atoms with Gasteiger partial charge in [0.15, 0.2) is 0 Å². The molecular weight excluding hydrogens is 1600 g/mol. The van der Waals surface area contributed by atoms with Crippen molar-refractivity contribution in [2.75, 3.05) is 42.3 Å². The van der Waals surface area contributed by atoms with E-state index in [4.69, 9.17) is 0 Å². The van der Waals surface area contributed by atoms with Gasteiger partial charge < -0.3 is 74.7 Å². The van der Waals surface area contributed by atoms with Crippen molar-refractivity contribution in [1.29, 1.82) is 0 Å². The molecule has 6 aliphatic heterocycles. The summed E-state index contributed by atoms with van der Waals surface area (Å²) in [6.07, 6.45) is 34.7. The molecule has 84 heavy (non-hydrogen) atoms. The molecule has 0 bridgehead atoms. The molecule has 0 saturated carbocycles. The predicted octanol–water partition coefficient (Wildman–Crippen LogP) is 5.42. The second kappa shape index (κ2) is 44.2. The number of rotatable bonds is 9. The van der Waals surface area contributed by atoms with Gasteiger partial charge in [-0.2, -0.15) is 15.6 Å². The van der Waals surface area contributed by atoms with E-state index in [-0.39, 0.29) is 59.4 Å². The molecule has 0 spiro atoms. The Bertz CT molecular complexity index is 2290. The van der Waals surface area contributed by atoms with Gasteiger partial charge in [0.2, 0.25) is 0 Å². The summed E-state index contributed by atoms with van der Waals surface area (Å²) in [6.45, 7) is 24.8. The zero-order chi connectivity index (χ0) is 58.5. The van der Waals surface area contributed by atoms with E-state index < -0.39 is 0 Å². The molecular formula is C54H78N27Os3-9. The molecule has 0 aromatic carbocycles. The second-order valence-electron chi connectivity index (χ2n) is 17.8. The second-order valence-corrected chi connectivity index (χ2v) is 17.8. The van der Waals surface area contributed by atoms with Crippen molar-refractivity contribution in [3.63, 3.8) is 0 Å². The van der Waals surface area contributed by atoms with E-state index in [2.05, 4.69) is 118 Å². The first-order chi connectivity index (χ1) is 39.4. The van der Waals surface area contributed by atoms with Crippen LogP contribution >= 0.6 is 0 Å². The van der Waals surface area contributed by atoms with Crippen LogP contribution in [-0.4, -0.2) is 163 Å². The fourth-order valence-electron chi connectivity index (χ4n) is 6.14. The van der Waals surface area contributed by atoms with Gasteiger partial charge in [-0.05, 0) is 116 Å². The van der Waals surface area contributed by atoms with Crippen molar-refractivity contribution >= 4 is 0 Å². The molecule has 0 aliphatic carbocycles. The number of tetrazole rings is 3. The third-order valence-electron chi connectivity index (χ3n) is 9.61. The topological polar surface area (TPSA) is 236 Å². The molecule has 6 aromatic heterocycles. The zero-order valence-corrected chi connectivity index (χ0v) is 57.3. The van der Waals surface area contributed by atoms with Crippen molar-refractivity contribution < 1.29 is 59.4 Å². The fraction of sp³-hybridized carbons (Fsp3) is 0.333. The van der Waals surface area contributed by atoms with Crippen LogP contribution in [0.2, 0.25) is 0 Å². The smallest absolute Gasteiger partial charge is 0.0451 e. The summed E-state index contributed by atoms with van der Waals surface area (Å²) >= 11 is 0. The number of hydrogen-bond donors (Lipinski definition) is 0. The van der Waals surface area contributed by atoms with E-state index >= 15 is 0 Å². The minimum Gasteiger partial charge on any atom is -0.509 e. The van der Waals surface area contributed by atoms with E-state index in [9.17, 15) is 0 Å². The minimum absolute atomic E-state index is 0. The van der Waals surface area contributed by atoms with Gasteiger partial charge >= 0.3 is 0 Å². The molecule has 462 valence electrons. The van der Waals surface area contributed by atoms with E-state index in [1.807, 2.05) is 271 Å². The summed E-state index contributed by atoms with van der Waals surface area (Å²) < 4.78 is 0. The van der Waals surface area contributed by atoms with E-state index in [0.29, 0.717) is 36.7 Å². The number of pyridine rings is 3. The summed E-state index contributed by atoms with van der Waals surface area (Å²) in [5, 5.41) is 54.5. The molecule has 0 atom stereocenters. The fourth-order valence-corrected chi connectivity index (χ4v) is 6.14. The number of hydrogen-bond acceptors (Lipinski definition) is 24. The van der Waals surface area contributed by atoms with Crippen molar-refractivity contribution in [3.8, 4) is 0 Å². The molecule has 0 saturated heterocycles. The van der Waals surface area contributed by atoms with Crippen molar-refractivity contribution in [2.24, 2.45) is 0 Å². The van der Waals surface area contributed by atoms with Crippen molar-refractivity contribution in [1.82, 2.24) is 136 Å². The predicted molar refractivity (Wildman–Crippen MR) is 307 cm³/mol.